The Morgan fingerprint density at radius 3 is 2.83 bits per heavy atom. The van der Waals surface area contributed by atoms with Gasteiger partial charge >= 0.3 is 0 Å². The number of fused-ring (bicyclic) bond motifs is 1. The summed E-state index contributed by atoms with van der Waals surface area (Å²) in [6.45, 7) is 0.644. The summed E-state index contributed by atoms with van der Waals surface area (Å²) < 4.78 is 33.2. The van der Waals surface area contributed by atoms with Gasteiger partial charge in [0.15, 0.2) is 11.6 Å². The number of hydrogen-bond donors (Lipinski definition) is 2. The molecule has 0 unspecified atom stereocenters. The van der Waals surface area contributed by atoms with E-state index in [0.29, 0.717) is 6.54 Å². The van der Waals surface area contributed by atoms with Crippen LogP contribution in [0.15, 0.2) is 42.7 Å². The molecule has 0 atom stereocenters. The highest BCUT2D eigenvalue weighted by Crippen LogP contribution is 2.18. The summed E-state index contributed by atoms with van der Waals surface area (Å²) in [5, 5.41) is 9.48. The molecule has 0 bridgehead atoms. The van der Waals surface area contributed by atoms with Gasteiger partial charge in [0.25, 0.3) is 5.91 Å². The quantitative estimate of drug-likeness (QED) is 0.556. The Kier molecular flexibility index (Phi) is 4.39. The van der Waals surface area contributed by atoms with Crippen molar-refractivity contribution in [1.82, 2.24) is 15.0 Å². The molecule has 24 heavy (non-hydrogen) atoms. The Morgan fingerprint density at radius 2 is 2.08 bits per heavy atom. The lowest BCUT2D eigenvalue weighted by molar-refractivity contribution is 0.0701. The fourth-order valence-corrected chi connectivity index (χ4v) is 2.29. The number of hydrogen-bond acceptors (Lipinski definition) is 4. The molecule has 0 aliphatic rings. The number of nitrogens with one attached hydrogen (secondary N) is 1. The van der Waals surface area contributed by atoms with Crippen LogP contribution in [0.1, 0.15) is 10.5 Å². The maximum absolute atomic E-state index is 13.1. The number of rotatable bonds is 5. The molecule has 3 aromatic rings. The van der Waals surface area contributed by atoms with Gasteiger partial charge in [-0.05, 0) is 24.3 Å². The van der Waals surface area contributed by atoms with E-state index in [4.69, 9.17) is 9.94 Å². The molecule has 0 saturated heterocycles. The first kappa shape index (κ1) is 15.9. The summed E-state index contributed by atoms with van der Waals surface area (Å²) in [7, 11) is 0. The fraction of sp³-hybridized carbons (Fsp3) is 0.125. The van der Waals surface area contributed by atoms with E-state index >= 15 is 0 Å². The van der Waals surface area contributed by atoms with Gasteiger partial charge in [0.05, 0.1) is 12.1 Å². The van der Waals surface area contributed by atoms with Crippen LogP contribution in [0, 0.1) is 11.6 Å². The SMILES string of the molecule is O=C(NO)c1cc2c(ccn2CCOc2ccc(F)c(F)c2)cn1. The van der Waals surface area contributed by atoms with Crippen LogP contribution in [0.4, 0.5) is 8.78 Å². The van der Waals surface area contributed by atoms with E-state index in [9.17, 15) is 13.6 Å². The molecule has 8 heteroatoms. The number of carbonyl (C=O) groups excluding carboxylic acids is 1. The molecule has 2 N–H and O–H groups in total. The van der Waals surface area contributed by atoms with Gasteiger partial charge in [0.2, 0.25) is 0 Å². The smallest absolute Gasteiger partial charge is 0.293 e. The summed E-state index contributed by atoms with van der Waals surface area (Å²) >= 11 is 0. The summed E-state index contributed by atoms with van der Waals surface area (Å²) in [5.41, 5.74) is 2.34. The predicted molar refractivity (Wildman–Crippen MR) is 80.8 cm³/mol. The second-order valence-electron chi connectivity index (χ2n) is 5.00. The Labute approximate surface area is 135 Å². The number of hydroxylamine groups is 1. The van der Waals surface area contributed by atoms with Crippen LogP contribution < -0.4 is 10.2 Å². The van der Waals surface area contributed by atoms with Crippen LogP contribution >= 0.6 is 0 Å². The molecule has 1 aromatic carbocycles. The molecule has 0 radical (unpaired) electrons. The number of pyridine rings is 1. The van der Waals surface area contributed by atoms with Crippen LogP contribution in [0.3, 0.4) is 0 Å². The van der Waals surface area contributed by atoms with Gasteiger partial charge in [0.1, 0.15) is 18.1 Å². The van der Waals surface area contributed by atoms with Crippen LogP contribution in [-0.2, 0) is 6.54 Å². The highest BCUT2D eigenvalue weighted by atomic mass is 19.2. The maximum Gasteiger partial charge on any atom is 0.293 e. The number of aromatic nitrogens is 2. The highest BCUT2D eigenvalue weighted by molar-refractivity contribution is 5.95. The van der Waals surface area contributed by atoms with Crippen molar-refractivity contribution in [1.29, 1.82) is 0 Å². The minimum absolute atomic E-state index is 0.0754. The Morgan fingerprint density at radius 1 is 1.25 bits per heavy atom. The molecule has 124 valence electrons. The van der Waals surface area contributed by atoms with E-state index < -0.39 is 17.5 Å². The summed E-state index contributed by atoms with van der Waals surface area (Å²) in [6.07, 6.45) is 3.31. The fourth-order valence-electron chi connectivity index (χ4n) is 2.29. The van der Waals surface area contributed by atoms with Gasteiger partial charge in [-0.2, -0.15) is 0 Å². The molecule has 1 amide bonds. The minimum atomic E-state index is -0.968. The lowest BCUT2D eigenvalue weighted by Gasteiger charge is -2.09. The van der Waals surface area contributed by atoms with Crippen molar-refractivity contribution in [3.63, 3.8) is 0 Å². The Hall–Kier alpha value is -3.00. The Bertz CT molecular complexity index is 895. The minimum Gasteiger partial charge on any atom is -0.492 e. The number of ether oxygens (including phenoxy) is 1. The third-order valence-corrected chi connectivity index (χ3v) is 3.48. The zero-order chi connectivity index (χ0) is 17.1. The first-order valence-electron chi connectivity index (χ1n) is 7.05. The third-order valence-electron chi connectivity index (χ3n) is 3.48. The second-order valence-corrected chi connectivity index (χ2v) is 5.00. The normalized spacial score (nSPS) is 10.8. The number of halogens is 2. The molecule has 0 spiro atoms. The lowest BCUT2D eigenvalue weighted by Crippen LogP contribution is -2.19. The van der Waals surface area contributed by atoms with Crippen molar-refractivity contribution in [2.75, 3.05) is 6.61 Å². The van der Waals surface area contributed by atoms with E-state index in [0.717, 1.165) is 23.0 Å². The van der Waals surface area contributed by atoms with Crippen molar-refractivity contribution < 1.29 is 23.5 Å². The van der Waals surface area contributed by atoms with Crippen molar-refractivity contribution in [2.24, 2.45) is 0 Å². The molecule has 3 rings (SSSR count). The molecule has 0 aliphatic heterocycles. The van der Waals surface area contributed by atoms with Crippen molar-refractivity contribution in [2.45, 2.75) is 6.54 Å². The lowest BCUT2D eigenvalue weighted by atomic mass is 10.2. The largest absolute Gasteiger partial charge is 0.492 e. The average molecular weight is 333 g/mol. The van der Waals surface area contributed by atoms with Gasteiger partial charge in [-0.1, -0.05) is 0 Å². The van der Waals surface area contributed by atoms with E-state index in [1.807, 2.05) is 10.6 Å². The van der Waals surface area contributed by atoms with Crippen LogP contribution in [0.25, 0.3) is 10.9 Å². The molecule has 2 heterocycles. The van der Waals surface area contributed by atoms with E-state index in [1.165, 1.54) is 17.7 Å². The van der Waals surface area contributed by atoms with Gasteiger partial charge in [-0.15, -0.1) is 0 Å². The summed E-state index contributed by atoms with van der Waals surface area (Å²) in [6, 6.07) is 6.69. The van der Waals surface area contributed by atoms with E-state index in [-0.39, 0.29) is 18.1 Å². The number of benzene rings is 1. The molecule has 6 nitrogen and oxygen atoms in total. The molecule has 0 saturated carbocycles. The Balaban J connectivity index is 1.72. The maximum atomic E-state index is 13.1. The van der Waals surface area contributed by atoms with Gasteiger partial charge in [-0.25, -0.2) is 14.3 Å². The van der Waals surface area contributed by atoms with E-state index in [1.54, 1.807) is 12.3 Å². The molecule has 0 fully saturated rings. The van der Waals surface area contributed by atoms with Gasteiger partial charge < -0.3 is 9.30 Å². The molecular weight excluding hydrogens is 320 g/mol. The predicted octanol–water partition coefficient (Wildman–Crippen LogP) is 2.51. The average Bonchev–Trinajstić information content (AvgIpc) is 2.99. The summed E-state index contributed by atoms with van der Waals surface area (Å²) in [5.74, 6) is -2.37. The number of nitrogens with zero attached hydrogens (tertiary/aromatic N) is 2. The molecule has 2 aromatic heterocycles. The number of amides is 1. The van der Waals surface area contributed by atoms with Gasteiger partial charge in [-0.3, -0.25) is 15.0 Å². The van der Waals surface area contributed by atoms with Crippen molar-refractivity contribution in [3.8, 4) is 5.75 Å². The zero-order valence-corrected chi connectivity index (χ0v) is 12.4. The van der Waals surface area contributed by atoms with Crippen LogP contribution in [0.5, 0.6) is 5.75 Å². The second kappa shape index (κ2) is 6.63. The standard InChI is InChI=1S/C16H13F2N3O3/c17-12-2-1-11(7-13(12)18)24-6-5-21-4-3-10-9-19-14(8-15(10)21)16(22)20-23/h1-4,7-9,23H,5-6H2,(H,20,22). The number of carbonyl (C=O) groups is 1. The highest BCUT2D eigenvalue weighted by Gasteiger charge is 2.09. The third kappa shape index (κ3) is 3.18. The first-order chi connectivity index (χ1) is 11.6. The molecule has 0 aliphatic carbocycles. The van der Waals surface area contributed by atoms with Crippen LogP contribution in [-0.4, -0.2) is 27.3 Å². The monoisotopic (exact) mass is 333 g/mol. The van der Waals surface area contributed by atoms with Crippen molar-refractivity contribution in [3.05, 3.63) is 60.1 Å². The molecular formula is C16H13F2N3O3. The topological polar surface area (TPSA) is 76.4 Å². The first-order valence-corrected chi connectivity index (χ1v) is 7.05. The van der Waals surface area contributed by atoms with Crippen LogP contribution in [0.2, 0.25) is 0 Å². The van der Waals surface area contributed by atoms with Gasteiger partial charge in [0, 0.05) is 23.8 Å². The zero-order valence-electron chi connectivity index (χ0n) is 12.4. The summed E-state index contributed by atoms with van der Waals surface area (Å²) in [4.78, 5) is 15.4. The van der Waals surface area contributed by atoms with E-state index in [2.05, 4.69) is 4.98 Å². The van der Waals surface area contributed by atoms with Crippen molar-refractivity contribution >= 4 is 16.8 Å².